The number of hydrogen-bond acceptors (Lipinski definition) is 5. The molecule has 0 atom stereocenters. The molecule has 1 aliphatic rings. The van der Waals surface area contributed by atoms with Crippen molar-refractivity contribution in [3.8, 4) is 22.4 Å². The SMILES string of the molecule is [C-]#[N+]c1sccc1-c1c(-c2cc(N3CC(C(=O)O)C3)ccc2Cl)n(S(=O)(=O)c2ccc(C)cc2)c2ccc(F)cc12. The number of benzene rings is 3. The van der Waals surface area contributed by atoms with Gasteiger partial charge in [-0.05, 0) is 60.8 Å². The van der Waals surface area contributed by atoms with Gasteiger partial charge in [0, 0.05) is 40.9 Å². The average Bonchev–Trinajstić information content (AvgIpc) is 3.50. The Morgan fingerprint density at radius 2 is 1.80 bits per heavy atom. The molecular formula is C30H21ClFN3O4S2. The number of thiophene rings is 1. The van der Waals surface area contributed by atoms with Crippen LogP contribution in [0.25, 0.3) is 38.1 Å². The zero-order valence-corrected chi connectivity index (χ0v) is 23.9. The van der Waals surface area contributed by atoms with Crippen molar-refractivity contribution >= 4 is 60.5 Å². The number of carboxylic acids is 1. The summed E-state index contributed by atoms with van der Waals surface area (Å²) in [6.07, 6.45) is 0. The maximum atomic E-state index is 14.8. The molecule has 1 aliphatic heterocycles. The number of aryl methyl sites for hydroxylation is 1. The van der Waals surface area contributed by atoms with Gasteiger partial charge in [0.05, 0.1) is 33.6 Å². The van der Waals surface area contributed by atoms with Gasteiger partial charge in [0.2, 0.25) is 5.00 Å². The van der Waals surface area contributed by atoms with Crippen LogP contribution in [0.4, 0.5) is 15.1 Å². The molecule has 0 aliphatic carbocycles. The van der Waals surface area contributed by atoms with E-state index in [-0.39, 0.29) is 21.1 Å². The van der Waals surface area contributed by atoms with Gasteiger partial charge in [-0.2, -0.15) is 11.3 Å². The highest BCUT2D eigenvalue weighted by atomic mass is 35.5. The fourth-order valence-corrected chi connectivity index (χ4v) is 7.56. The Morgan fingerprint density at radius 1 is 1.07 bits per heavy atom. The lowest BCUT2D eigenvalue weighted by Gasteiger charge is -2.38. The molecule has 0 amide bonds. The van der Waals surface area contributed by atoms with Crippen LogP contribution in [0.3, 0.4) is 0 Å². The molecule has 3 heterocycles. The molecule has 206 valence electrons. The van der Waals surface area contributed by atoms with Gasteiger partial charge < -0.3 is 10.0 Å². The normalized spacial score (nSPS) is 13.8. The zero-order chi connectivity index (χ0) is 29.1. The minimum absolute atomic E-state index is 0.0344. The molecule has 0 radical (unpaired) electrons. The van der Waals surface area contributed by atoms with Crippen LogP contribution < -0.4 is 4.90 Å². The summed E-state index contributed by atoms with van der Waals surface area (Å²) in [7, 11) is -4.26. The first-order valence-corrected chi connectivity index (χ1v) is 15.2. The number of rotatable bonds is 6. The molecule has 0 saturated carbocycles. The van der Waals surface area contributed by atoms with Crippen LogP contribution in [0.15, 0.2) is 77.0 Å². The third-order valence-corrected chi connectivity index (χ3v) is 10.1. The van der Waals surface area contributed by atoms with E-state index in [2.05, 4.69) is 4.85 Å². The van der Waals surface area contributed by atoms with E-state index in [1.807, 2.05) is 11.8 Å². The van der Waals surface area contributed by atoms with Gasteiger partial charge in [-0.1, -0.05) is 35.4 Å². The summed E-state index contributed by atoms with van der Waals surface area (Å²) in [6.45, 7) is 10.2. The second kappa shape index (κ2) is 10.0. The van der Waals surface area contributed by atoms with Gasteiger partial charge in [0.25, 0.3) is 10.0 Å². The quantitative estimate of drug-likeness (QED) is 0.203. The maximum absolute atomic E-state index is 14.8. The molecule has 0 bridgehead atoms. The lowest BCUT2D eigenvalue weighted by atomic mass is 9.97. The van der Waals surface area contributed by atoms with Crippen molar-refractivity contribution in [1.82, 2.24) is 3.97 Å². The van der Waals surface area contributed by atoms with E-state index >= 15 is 0 Å². The Hall–Kier alpha value is -4.17. The lowest BCUT2D eigenvalue weighted by molar-refractivity contribution is -0.142. The van der Waals surface area contributed by atoms with E-state index in [0.29, 0.717) is 45.9 Å². The third kappa shape index (κ3) is 4.47. The van der Waals surface area contributed by atoms with Gasteiger partial charge in [0.1, 0.15) is 5.82 Å². The van der Waals surface area contributed by atoms with Crippen molar-refractivity contribution in [1.29, 1.82) is 0 Å². The predicted molar refractivity (Wildman–Crippen MR) is 159 cm³/mol. The smallest absolute Gasteiger partial charge is 0.310 e. The number of aromatic nitrogens is 1. The Labute approximate surface area is 244 Å². The summed E-state index contributed by atoms with van der Waals surface area (Å²) < 4.78 is 44.7. The van der Waals surface area contributed by atoms with Crippen molar-refractivity contribution in [2.24, 2.45) is 5.92 Å². The van der Waals surface area contributed by atoms with Crippen molar-refractivity contribution < 1.29 is 22.7 Å². The number of fused-ring (bicyclic) bond motifs is 1. The number of aliphatic carboxylic acids is 1. The van der Waals surface area contributed by atoms with E-state index in [9.17, 15) is 22.7 Å². The summed E-state index contributed by atoms with van der Waals surface area (Å²) in [4.78, 5) is 17.0. The molecule has 0 spiro atoms. The predicted octanol–water partition coefficient (Wildman–Crippen LogP) is 7.45. The zero-order valence-electron chi connectivity index (χ0n) is 21.5. The summed E-state index contributed by atoms with van der Waals surface area (Å²) >= 11 is 7.98. The van der Waals surface area contributed by atoms with E-state index in [4.69, 9.17) is 18.2 Å². The first-order chi connectivity index (χ1) is 19.6. The molecule has 2 aromatic heterocycles. The molecular weight excluding hydrogens is 585 g/mol. The van der Waals surface area contributed by atoms with Gasteiger partial charge in [0.15, 0.2) is 0 Å². The minimum Gasteiger partial charge on any atom is -0.481 e. The van der Waals surface area contributed by atoms with E-state index in [1.54, 1.807) is 41.8 Å². The number of carboxylic acid groups (broad SMARTS) is 1. The number of carbonyl (C=O) groups is 1. The molecule has 11 heteroatoms. The second-order valence-corrected chi connectivity index (χ2v) is 12.9. The summed E-state index contributed by atoms with van der Waals surface area (Å²) in [6, 6.07) is 17.1. The summed E-state index contributed by atoms with van der Waals surface area (Å²) in [5, 5.41) is 12.0. The second-order valence-electron chi connectivity index (χ2n) is 9.82. The summed E-state index contributed by atoms with van der Waals surface area (Å²) in [5.41, 5.74) is 3.16. The molecule has 0 unspecified atom stereocenters. The standard InChI is InChI=1S/C30H21ClFN3O4S2/c1-17-3-7-21(8-4-17)41(38,39)35-26-10-5-19(32)13-24(26)27(22-11-12-40-29(22)33-2)28(35)23-14-20(6-9-25(23)31)34-15-18(16-34)30(36)37/h3-14,18H,15-16H2,1H3,(H,36,37). The Kier molecular flexibility index (Phi) is 6.61. The number of nitrogens with zero attached hydrogens (tertiary/aromatic N) is 3. The number of anilines is 1. The van der Waals surface area contributed by atoms with Crippen molar-refractivity contribution in [2.75, 3.05) is 18.0 Å². The van der Waals surface area contributed by atoms with Crippen LogP contribution in [0, 0.1) is 25.2 Å². The Morgan fingerprint density at radius 3 is 2.49 bits per heavy atom. The fourth-order valence-electron chi connectivity index (χ4n) is 5.13. The lowest BCUT2D eigenvalue weighted by Crippen LogP contribution is -2.50. The average molecular weight is 606 g/mol. The van der Waals surface area contributed by atoms with E-state index in [0.717, 1.165) is 5.56 Å². The number of hydrogen-bond donors (Lipinski definition) is 1. The molecule has 5 aromatic rings. The molecule has 41 heavy (non-hydrogen) atoms. The van der Waals surface area contributed by atoms with Gasteiger partial charge >= 0.3 is 5.97 Å². The molecule has 1 fully saturated rings. The van der Waals surface area contributed by atoms with Crippen LogP contribution >= 0.6 is 22.9 Å². The minimum atomic E-state index is -4.26. The summed E-state index contributed by atoms with van der Waals surface area (Å²) in [5.74, 6) is -1.95. The van der Waals surface area contributed by atoms with Gasteiger partial charge in [-0.3, -0.25) is 4.79 Å². The number of halogens is 2. The van der Waals surface area contributed by atoms with Crippen molar-refractivity contribution in [2.45, 2.75) is 11.8 Å². The molecule has 1 saturated heterocycles. The first-order valence-electron chi connectivity index (χ1n) is 12.5. The molecule has 7 nitrogen and oxygen atoms in total. The highest BCUT2D eigenvalue weighted by Gasteiger charge is 2.34. The van der Waals surface area contributed by atoms with Crippen LogP contribution in [-0.2, 0) is 14.8 Å². The van der Waals surface area contributed by atoms with Crippen molar-refractivity contribution in [3.63, 3.8) is 0 Å². The largest absolute Gasteiger partial charge is 0.481 e. The fraction of sp³-hybridized carbons (Fsp3) is 0.133. The molecule has 3 aromatic carbocycles. The van der Waals surface area contributed by atoms with E-state index < -0.39 is 27.7 Å². The molecule has 6 rings (SSSR count). The van der Waals surface area contributed by atoms with E-state index in [1.165, 1.54) is 45.6 Å². The Balaban J connectivity index is 1.71. The van der Waals surface area contributed by atoms with Crippen LogP contribution in [-0.4, -0.2) is 36.6 Å². The first kappa shape index (κ1) is 27.0. The van der Waals surface area contributed by atoms with Gasteiger partial charge in [-0.15, -0.1) is 0 Å². The third-order valence-electron chi connectivity index (χ3n) is 7.26. The molecule has 1 N–H and O–H groups in total. The van der Waals surface area contributed by atoms with Crippen LogP contribution in [0.1, 0.15) is 5.56 Å². The topological polar surface area (TPSA) is 84.0 Å². The highest BCUT2D eigenvalue weighted by molar-refractivity contribution is 7.90. The Bertz CT molecular complexity index is 2000. The van der Waals surface area contributed by atoms with Crippen LogP contribution in [0.2, 0.25) is 5.02 Å². The van der Waals surface area contributed by atoms with Crippen LogP contribution in [0.5, 0.6) is 0 Å². The highest BCUT2D eigenvalue weighted by Crippen LogP contribution is 2.49. The monoisotopic (exact) mass is 605 g/mol. The van der Waals surface area contributed by atoms with Crippen molar-refractivity contribution in [3.05, 3.63) is 99.9 Å². The maximum Gasteiger partial charge on any atom is 0.310 e. The van der Waals surface area contributed by atoms with Gasteiger partial charge in [-0.25, -0.2) is 21.6 Å².